The number of pyridine rings is 1. The maximum Gasteiger partial charge on any atom is 0.209 e. The zero-order chi connectivity index (χ0) is 9.84. The number of carbonyl (C=O) groups is 1. The van der Waals surface area contributed by atoms with Crippen LogP contribution in [0.4, 0.5) is 0 Å². The summed E-state index contributed by atoms with van der Waals surface area (Å²) < 4.78 is 5.56. The van der Waals surface area contributed by atoms with Crippen LogP contribution in [0.25, 0.3) is 0 Å². The standard InChI is InChI=1S/C9H10BrNO2/c1-6(13-2)9(12)7-4-3-5-8(10)11-7/h3-6H,1-2H3/t6-/m0/s1. The van der Waals surface area contributed by atoms with E-state index in [2.05, 4.69) is 20.9 Å². The lowest BCUT2D eigenvalue weighted by Gasteiger charge is -2.06. The first kappa shape index (κ1) is 10.3. The average molecular weight is 244 g/mol. The van der Waals surface area contributed by atoms with Gasteiger partial charge >= 0.3 is 0 Å². The monoisotopic (exact) mass is 243 g/mol. The minimum Gasteiger partial charge on any atom is -0.374 e. The Labute approximate surface area is 85.3 Å². The number of nitrogens with zero attached hydrogens (tertiary/aromatic N) is 1. The number of halogens is 1. The van der Waals surface area contributed by atoms with Crippen molar-refractivity contribution in [2.24, 2.45) is 0 Å². The van der Waals surface area contributed by atoms with Crippen LogP contribution in [0.1, 0.15) is 17.4 Å². The Bertz CT molecular complexity index is 314. The highest BCUT2D eigenvalue weighted by Crippen LogP contribution is 2.08. The van der Waals surface area contributed by atoms with Crippen molar-refractivity contribution in [3.05, 3.63) is 28.5 Å². The van der Waals surface area contributed by atoms with E-state index in [4.69, 9.17) is 4.74 Å². The minimum atomic E-state index is -0.443. The van der Waals surface area contributed by atoms with E-state index < -0.39 is 6.10 Å². The van der Waals surface area contributed by atoms with E-state index in [9.17, 15) is 4.79 Å². The van der Waals surface area contributed by atoms with Crippen LogP contribution in [-0.4, -0.2) is 24.0 Å². The Kier molecular flexibility index (Phi) is 3.57. The minimum absolute atomic E-state index is 0.108. The average Bonchev–Trinajstić information content (AvgIpc) is 2.15. The van der Waals surface area contributed by atoms with Crippen molar-refractivity contribution < 1.29 is 9.53 Å². The molecular formula is C9H10BrNO2. The Balaban J connectivity index is 2.89. The van der Waals surface area contributed by atoms with Gasteiger partial charge in [-0.05, 0) is 35.0 Å². The molecule has 0 aliphatic rings. The second-order valence-electron chi connectivity index (χ2n) is 2.59. The van der Waals surface area contributed by atoms with Crippen LogP contribution in [-0.2, 0) is 4.74 Å². The van der Waals surface area contributed by atoms with Crippen LogP contribution < -0.4 is 0 Å². The smallest absolute Gasteiger partial charge is 0.209 e. The van der Waals surface area contributed by atoms with Crippen LogP contribution in [0.15, 0.2) is 22.8 Å². The summed E-state index contributed by atoms with van der Waals surface area (Å²) in [5, 5.41) is 0. The van der Waals surface area contributed by atoms with E-state index in [0.29, 0.717) is 10.3 Å². The summed E-state index contributed by atoms with van der Waals surface area (Å²) >= 11 is 3.20. The van der Waals surface area contributed by atoms with Gasteiger partial charge in [-0.15, -0.1) is 0 Å². The van der Waals surface area contributed by atoms with E-state index in [-0.39, 0.29) is 5.78 Å². The van der Waals surface area contributed by atoms with E-state index >= 15 is 0 Å². The molecule has 0 spiro atoms. The van der Waals surface area contributed by atoms with Crippen LogP contribution in [0, 0.1) is 0 Å². The lowest BCUT2D eigenvalue weighted by Crippen LogP contribution is -2.20. The molecule has 0 N–H and O–H groups in total. The Morgan fingerprint density at radius 3 is 2.85 bits per heavy atom. The van der Waals surface area contributed by atoms with Crippen LogP contribution in [0.3, 0.4) is 0 Å². The van der Waals surface area contributed by atoms with Gasteiger partial charge in [-0.2, -0.15) is 0 Å². The Morgan fingerprint density at radius 2 is 2.31 bits per heavy atom. The molecule has 0 unspecified atom stereocenters. The van der Waals surface area contributed by atoms with Crippen molar-refractivity contribution in [1.29, 1.82) is 0 Å². The lowest BCUT2D eigenvalue weighted by molar-refractivity contribution is 0.0650. The van der Waals surface area contributed by atoms with Crippen LogP contribution in [0.5, 0.6) is 0 Å². The summed E-state index contributed by atoms with van der Waals surface area (Å²) in [5.74, 6) is -0.108. The van der Waals surface area contributed by atoms with Crippen LogP contribution >= 0.6 is 15.9 Å². The van der Waals surface area contributed by atoms with Gasteiger partial charge < -0.3 is 4.74 Å². The molecule has 1 heterocycles. The summed E-state index contributed by atoms with van der Waals surface area (Å²) in [7, 11) is 1.50. The quantitative estimate of drug-likeness (QED) is 0.603. The van der Waals surface area contributed by atoms with Crippen molar-refractivity contribution in [3.8, 4) is 0 Å². The van der Waals surface area contributed by atoms with Gasteiger partial charge in [-0.25, -0.2) is 4.98 Å². The summed E-state index contributed by atoms with van der Waals surface area (Å²) in [4.78, 5) is 15.5. The summed E-state index contributed by atoms with van der Waals surface area (Å²) in [6, 6.07) is 5.21. The molecule has 0 saturated carbocycles. The molecule has 70 valence electrons. The molecule has 0 aliphatic carbocycles. The molecule has 0 bridgehead atoms. The van der Waals surface area contributed by atoms with Crippen molar-refractivity contribution >= 4 is 21.7 Å². The van der Waals surface area contributed by atoms with Gasteiger partial charge in [0, 0.05) is 7.11 Å². The maximum absolute atomic E-state index is 11.5. The molecular weight excluding hydrogens is 234 g/mol. The fraction of sp³-hybridized carbons (Fsp3) is 0.333. The fourth-order valence-electron chi connectivity index (χ4n) is 0.861. The second kappa shape index (κ2) is 4.48. The van der Waals surface area contributed by atoms with Gasteiger partial charge in [-0.3, -0.25) is 4.79 Å². The van der Waals surface area contributed by atoms with Gasteiger partial charge in [-0.1, -0.05) is 6.07 Å². The predicted molar refractivity (Wildman–Crippen MR) is 52.7 cm³/mol. The molecule has 0 amide bonds. The number of rotatable bonds is 3. The third-order valence-corrected chi connectivity index (χ3v) is 2.13. The number of hydrogen-bond acceptors (Lipinski definition) is 3. The van der Waals surface area contributed by atoms with Crippen LogP contribution in [0.2, 0.25) is 0 Å². The first-order valence-electron chi connectivity index (χ1n) is 3.84. The predicted octanol–water partition coefficient (Wildman–Crippen LogP) is 2.06. The third kappa shape index (κ3) is 2.60. The Hall–Kier alpha value is -0.740. The molecule has 0 fully saturated rings. The van der Waals surface area contributed by atoms with Crippen molar-refractivity contribution in [2.75, 3.05) is 7.11 Å². The number of ether oxygens (including phenoxy) is 1. The molecule has 1 aromatic rings. The van der Waals surface area contributed by atoms with Crippen molar-refractivity contribution in [1.82, 2.24) is 4.98 Å². The second-order valence-corrected chi connectivity index (χ2v) is 3.40. The molecule has 0 radical (unpaired) electrons. The van der Waals surface area contributed by atoms with Gasteiger partial charge in [0.15, 0.2) is 0 Å². The molecule has 0 aliphatic heterocycles. The molecule has 1 rings (SSSR count). The molecule has 1 aromatic heterocycles. The number of ketones is 1. The van der Waals surface area contributed by atoms with Crippen molar-refractivity contribution in [2.45, 2.75) is 13.0 Å². The van der Waals surface area contributed by atoms with Gasteiger partial charge in [0.05, 0.1) is 0 Å². The van der Waals surface area contributed by atoms with E-state index in [1.807, 2.05) is 0 Å². The highest BCUT2D eigenvalue weighted by atomic mass is 79.9. The number of carbonyl (C=O) groups excluding carboxylic acids is 1. The molecule has 0 aromatic carbocycles. The first-order valence-corrected chi connectivity index (χ1v) is 4.64. The topological polar surface area (TPSA) is 39.2 Å². The number of Topliss-reactive ketones (excluding diaryl/α,β-unsaturated/α-hetero) is 1. The summed E-state index contributed by atoms with van der Waals surface area (Å²) in [6.45, 7) is 1.70. The van der Waals surface area contributed by atoms with Crippen molar-refractivity contribution in [3.63, 3.8) is 0 Å². The number of methoxy groups -OCH3 is 1. The largest absolute Gasteiger partial charge is 0.374 e. The highest BCUT2D eigenvalue weighted by molar-refractivity contribution is 9.10. The fourth-order valence-corrected chi connectivity index (χ4v) is 1.20. The normalized spacial score (nSPS) is 12.5. The molecule has 0 saturated heterocycles. The van der Waals surface area contributed by atoms with E-state index in [1.165, 1.54) is 7.11 Å². The third-order valence-electron chi connectivity index (χ3n) is 1.69. The summed E-state index contributed by atoms with van der Waals surface area (Å²) in [5.41, 5.74) is 0.420. The van der Waals surface area contributed by atoms with Gasteiger partial charge in [0.25, 0.3) is 0 Å². The van der Waals surface area contributed by atoms with Gasteiger partial charge in [0.1, 0.15) is 16.4 Å². The SMILES string of the molecule is CO[C@@H](C)C(=O)c1cccc(Br)n1. The molecule has 4 heteroatoms. The first-order chi connectivity index (χ1) is 6.15. The zero-order valence-corrected chi connectivity index (χ0v) is 9.04. The molecule has 13 heavy (non-hydrogen) atoms. The van der Waals surface area contributed by atoms with E-state index in [0.717, 1.165) is 0 Å². The molecule has 3 nitrogen and oxygen atoms in total. The Morgan fingerprint density at radius 1 is 1.62 bits per heavy atom. The maximum atomic E-state index is 11.5. The number of aromatic nitrogens is 1. The highest BCUT2D eigenvalue weighted by Gasteiger charge is 2.15. The lowest BCUT2D eigenvalue weighted by atomic mass is 10.2. The molecule has 1 atom stereocenters. The van der Waals surface area contributed by atoms with E-state index in [1.54, 1.807) is 25.1 Å². The number of hydrogen-bond donors (Lipinski definition) is 0. The van der Waals surface area contributed by atoms with Gasteiger partial charge in [0.2, 0.25) is 5.78 Å². The summed E-state index contributed by atoms with van der Waals surface area (Å²) in [6.07, 6.45) is -0.443. The zero-order valence-electron chi connectivity index (χ0n) is 7.45.